The van der Waals surface area contributed by atoms with Gasteiger partial charge in [0.05, 0.1) is 5.69 Å². The Morgan fingerprint density at radius 2 is 2.10 bits per heavy atom. The molecule has 0 amide bonds. The number of aromatic nitrogens is 3. The average Bonchev–Trinajstić information content (AvgIpc) is 2.89. The van der Waals surface area contributed by atoms with Crippen molar-refractivity contribution in [1.29, 1.82) is 0 Å². The molecule has 0 spiro atoms. The molecule has 0 atom stereocenters. The number of carboxylic acids is 1. The SMILES string of the molecule is C=CCNc1nn(-c2ccc(CC)cc2)nc1C(=O)O. The fourth-order valence-corrected chi connectivity index (χ4v) is 1.72. The summed E-state index contributed by atoms with van der Waals surface area (Å²) >= 11 is 0. The molecule has 0 bridgehead atoms. The van der Waals surface area contributed by atoms with Gasteiger partial charge in [0.2, 0.25) is 5.69 Å². The topological polar surface area (TPSA) is 80.0 Å². The van der Waals surface area contributed by atoms with Crippen LogP contribution in [-0.2, 0) is 6.42 Å². The second-order valence-electron chi connectivity index (χ2n) is 4.18. The standard InChI is InChI=1S/C14H16N4O2/c1-3-9-15-13-12(14(19)20)16-18(17-13)11-7-5-10(4-2)6-8-11/h3,5-8H,1,4,9H2,2H3,(H,15,17)(H,19,20). The van der Waals surface area contributed by atoms with Gasteiger partial charge in [-0.3, -0.25) is 0 Å². The molecule has 1 aromatic heterocycles. The molecule has 20 heavy (non-hydrogen) atoms. The first-order valence-corrected chi connectivity index (χ1v) is 6.30. The molecule has 2 N–H and O–H groups in total. The molecule has 0 aliphatic heterocycles. The van der Waals surface area contributed by atoms with E-state index in [1.807, 2.05) is 24.3 Å². The Morgan fingerprint density at radius 3 is 2.65 bits per heavy atom. The van der Waals surface area contributed by atoms with Gasteiger partial charge in [-0.15, -0.1) is 21.6 Å². The van der Waals surface area contributed by atoms with Crippen LogP contribution in [0.4, 0.5) is 5.82 Å². The van der Waals surface area contributed by atoms with E-state index in [2.05, 4.69) is 29.0 Å². The van der Waals surface area contributed by atoms with E-state index in [1.54, 1.807) is 6.08 Å². The van der Waals surface area contributed by atoms with Gasteiger partial charge in [-0.1, -0.05) is 25.1 Å². The lowest BCUT2D eigenvalue weighted by Gasteiger charge is -2.01. The van der Waals surface area contributed by atoms with Gasteiger partial charge in [0.25, 0.3) is 0 Å². The maximum atomic E-state index is 11.1. The average molecular weight is 272 g/mol. The van der Waals surface area contributed by atoms with Gasteiger partial charge in [-0.05, 0) is 24.1 Å². The zero-order valence-electron chi connectivity index (χ0n) is 11.2. The second kappa shape index (κ2) is 6.01. The van der Waals surface area contributed by atoms with Crippen LogP contribution in [0.5, 0.6) is 0 Å². The van der Waals surface area contributed by atoms with E-state index in [9.17, 15) is 4.79 Å². The van der Waals surface area contributed by atoms with Gasteiger partial charge >= 0.3 is 5.97 Å². The Bertz CT molecular complexity index is 617. The molecule has 1 aromatic carbocycles. The number of carbonyl (C=O) groups is 1. The van der Waals surface area contributed by atoms with Gasteiger partial charge in [0.1, 0.15) is 0 Å². The number of nitrogens with zero attached hydrogens (tertiary/aromatic N) is 3. The molecule has 0 radical (unpaired) electrons. The summed E-state index contributed by atoms with van der Waals surface area (Å²) in [5, 5.41) is 20.1. The molecule has 0 aliphatic rings. The lowest BCUT2D eigenvalue weighted by molar-refractivity contribution is 0.0691. The maximum absolute atomic E-state index is 11.1. The Balaban J connectivity index is 2.35. The Morgan fingerprint density at radius 1 is 1.40 bits per heavy atom. The van der Waals surface area contributed by atoms with Crippen molar-refractivity contribution in [2.75, 3.05) is 11.9 Å². The van der Waals surface area contributed by atoms with Crippen molar-refractivity contribution in [3.63, 3.8) is 0 Å². The molecule has 6 nitrogen and oxygen atoms in total. The van der Waals surface area contributed by atoms with Crippen LogP contribution in [0.2, 0.25) is 0 Å². The quantitative estimate of drug-likeness (QED) is 0.787. The van der Waals surface area contributed by atoms with Crippen molar-refractivity contribution >= 4 is 11.8 Å². The summed E-state index contributed by atoms with van der Waals surface area (Å²) in [6, 6.07) is 7.66. The molecule has 0 saturated carbocycles. The predicted octanol–water partition coefficient (Wildman–Crippen LogP) is 2.13. The highest BCUT2D eigenvalue weighted by atomic mass is 16.4. The molecule has 1 heterocycles. The summed E-state index contributed by atoms with van der Waals surface area (Å²) in [6.45, 7) is 6.06. The molecule has 6 heteroatoms. The minimum Gasteiger partial charge on any atom is -0.476 e. The number of benzene rings is 1. The number of anilines is 1. The fraction of sp³-hybridized carbons (Fsp3) is 0.214. The molecule has 0 aliphatic carbocycles. The zero-order valence-corrected chi connectivity index (χ0v) is 11.2. The summed E-state index contributed by atoms with van der Waals surface area (Å²) in [7, 11) is 0. The molecule has 0 fully saturated rings. The van der Waals surface area contributed by atoms with Crippen LogP contribution in [-0.4, -0.2) is 32.6 Å². The van der Waals surface area contributed by atoms with E-state index < -0.39 is 5.97 Å². The third-order valence-electron chi connectivity index (χ3n) is 2.81. The lowest BCUT2D eigenvalue weighted by atomic mass is 10.2. The van der Waals surface area contributed by atoms with Crippen LogP contribution >= 0.6 is 0 Å². The van der Waals surface area contributed by atoms with Crippen molar-refractivity contribution in [3.05, 3.63) is 48.2 Å². The first-order chi connectivity index (χ1) is 9.65. The molecule has 0 unspecified atom stereocenters. The summed E-state index contributed by atoms with van der Waals surface area (Å²) in [5.41, 5.74) is 1.81. The Kier molecular flexibility index (Phi) is 4.14. The van der Waals surface area contributed by atoms with Gasteiger partial charge in [0, 0.05) is 6.54 Å². The number of hydrogen-bond donors (Lipinski definition) is 2. The third-order valence-corrected chi connectivity index (χ3v) is 2.81. The van der Waals surface area contributed by atoms with Crippen molar-refractivity contribution in [1.82, 2.24) is 15.0 Å². The van der Waals surface area contributed by atoms with Gasteiger partial charge in [0.15, 0.2) is 5.82 Å². The van der Waals surface area contributed by atoms with Gasteiger partial charge < -0.3 is 10.4 Å². The molecule has 0 saturated heterocycles. The summed E-state index contributed by atoms with van der Waals surface area (Å²) in [4.78, 5) is 12.5. The maximum Gasteiger partial charge on any atom is 0.360 e. The van der Waals surface area contributed by atoms with Crippen molar-refractivity contribution in [2.24, 2.45) is 0 Å². The number of nitrogens with one attached hydrogen (secondary N) is 1. The fourth-order valence-electron chi connectivity index (χ4n) is 1.72. The summed E-state index contributed by atoms with van der Waals surface area (Å²) < 4.78 is 0. The molecular weight excluding hydrogens is 256 g/mol. The number of rotatable bonds is 6. The van der Waals surface area contributed by atoms with E-state index in [1.165, 1.54) is 10.4 Å². The highest BCUT2D eigenvalue weighted by molar-refractivity contribution is 5.90. The summed E-state index contributed by atoms with van der Waals surface area (Å²) in [6.07, 6.45) is 2.57. The molecule has 2 rings (SSSR count). The van der Waals surface area contributed by atoms with Crippen LogP contribution in [0.15, 0.2) is 36.9 Å². The van der Waals surface area contributed by atoms with Crippen molar-refractivity contribution < 1.29 is 9.90 Å². The van der Waals surface area contributed by atoms with Crippen LogP contribution in [0, 0.1) is 0 Å². The highest BCUT2D eigenvalue weighted by Crippen LogP contribution is 2.14. The lowest BCUT2D eigenvalue weighted by Crippen LogP contribution is -2.05. The Hall–Kier alpha value is -2.63. The van der Waals surface area contributed by atoms with Crippen molar-refractivity contribution in [2.45, 2.75) is 13.3 Å². The van der Waals surface area contributed by atoms with Gasteiger partial charge in [-0.25, -0.2) is 4.79 Å². The zero-order chi connectivity index (χ0) is 14.5. The largest absolute Gasteiger partial charge is 0.476 e. The van der Waals surface area contributed by atoms with E-state index in [4.69, 9.17) is 5.11 Å². The molecular formula is C14H16N4O2. The first kappa shape index (κ1) is 13.8. The normalized spacial score (nSPS) is 10.2. The monoisotopic (exact) mass is 272 g/mol. The number of hydrogen-bond acceptors (Lipinski definition) is 4. The van der Waals surface area contributed by atoms with Gasteiger partial charge in [-0.2, -0.15) is 0 Å². The first-order valence-electron chi connectivity index (χ1n) is 6.30. The molecule has 2 aromatic rings. The predicted molar refractivity (Wildman–Crippen MR) is 76.4 cm³/mol. The van der Waals surface area contributed by atoms with Crippen LogP contribution in [0.3, 0.4) is 0 Å². The number of aryl methyl sites for hydroxylation is 1. The minimum atomic E-state index is -1.12. The second-order valence-corrected chi connectivity index (χ2v) is 4.18. The van der Waals surface area contributed by atoms with Crippen LogP contribution in [0.1, 0.15) is 23.0 Å². The number of aromatic carboxylic acids is 1. The minimum absolute atomic E-state index is 0.105. The van der Waals surface area contributed by atoms with E-state index in [0.717, 1.165) is 12.1 Å². The highest BCUT2D eigenvalue weighted by Gasteiger charge is 2.17. The number of carboxylic acid groups (broad SMARTS) is 1. The van der Waals surface area contributed by atoms with Crippen LogP contribution in [0.25, 0.3) is 5.69 Å². The smallest absolute Gasteiger partial charge is 0.360 e. The van der Waals surface area contributed by atoms with Crippen molar-refractivity contribution in [3.8, 4) is 5.69 Å². The van der Waals surface area contributed by atoms with E-state index in [0.29, 0.717) is 6.54 Å². The van der Waals surface area contributed by atoms with E-state index >= 15 is 0 Å². The third kappa shape index (κ3) is 2.85. The van der Waals surface area contributed by atoms with E-state index in [-0.39, 0.29) is 11.5 Å². The van der Waals surface area contributed by atoms with Crippen LogP contribution < -0.4 is 5.32 Å². The Labute approximate surface area is 116 Å². The summed E-state index contributed by atoms with van der Waals surface area (Å²) in [5.74, 6) is -0.884. The molecule has 104 valence electrons.